The number of benzene rings is 1. The Balaban J connectivity index is 1.75. The number of halogens is 1. The van der Waals surface area contributed by atoms with Crippen LogP contribution in [0.5, 0.6) is 5.75 Å². The first-order chi connectivity index (χ1) is 12.4. The van der Waals surface area contributed by atoms with Crippen LogP contribution in [0.4, 0.5) is 0 Å². The fraction of sp³-hybridized carbons (Fsp3) is 0.588. The minimum atomic E-state index is -3.71. The minimum absolute atomic E-state index is 0.0148. The van der Waals surface area contributed by atoms with Gasteiger partial charge in [-0.25, -0.2) is 8.42 Å². The number of ether oxygens (including phenoxy) is 2. The van der Waals surface area contributed by atoms with Gasteiger partial charge in [0.15, 0.2) is 0 Å². The van der Waals surface area contributed by atoms with Crippen molar-refractivity contribution in [2.45, 2.75) is 17.7 Å². The van der Waals surface area contributed by atoms with E-state index in [9.17, 15) is 13.2 Å². The second-order valence-electron chi connectivity index (χ2n) is 6.44. The van der Waals surface area contributed by atoms with Crippen molar-refractivity contribution in [1.82, 2.24) is 9.21 Å². The molecule has 0 unspecified atom stereocenters. The highest BCUT2D eigenvalue weighted by Gasteiger charge is 2.35. The zero-order chi connectivity index (χ0) is 18.7. The maximum Gasteiger partial charge on any atom is 0.243 e. The highest BCUT2D eigenvalue weighted by Crippen LogP contribution is 2.30. The highest BCUT2D eigenvalue weighted by atomic mass is 35.5. The fourth-order valence-corrected chi connectivity index (χ4v) is 5.23. The number of carbonyl (C=O) groups is 1. The van der Waals surface area contributed by atoms with Gasteiger partial charge < -0.3 is 14.4 Å². The van der Waals surface area contributed by atoms with Crippen LogP contribution in [0.15, 0.2) is 23.1 Å². The van der Waals surface area contributed by atoms with E-state index in [-0.39, 0.29) is 28.3 Å². The molecule has 0 bridgehead atoms. The Bertz CT molecular complexity index is 764. The smallest absolute Gasteiger partial charge is 0.243 e. The first-order valence-electron chi connectivity index (χ1n) is 8.63. The van der Waals surface area contributed by atoms with E-state index in [4.69, 9.17) is 21.1 Å². The topological polar surface area (TPSA) is 76.2 Å². The Morgan fingerprint density at radius 1 is 1.27 bits per heavy atom. The van der Waals surface area contributed by atoms with E-state index in [1.165, 1.54) is 29.6 Å². The van der Waals surface area contributed by atoms with Gasteiger partial charge in [0.1, 0.15) is 5.75 Å². The fourth-order valence-electron chi connectivity index (χ4n) is 3.36. The number of amides is 1. The lowest BCUT2D eigenvalue weighted by molar-refractivity contribution is -0.140. The van der Waals surface area contributed by atoms with Gasteiger partial charge in [0.2, 0.25) is 15.9 Å². The van der Waals surface area contributed by atoms with Crippen LogP contribution in [0.1, 0.15) is 12.8 Å². The molecule has 144 valence electrons. The average molecular weight is 403 g/mol. The Hall–Kier alpha value is -1.35. The first kappa shape index (κ1) is 19.4. The second-order valence-corrected chi connectivity index (χ2v) is 8.78. The quantitative estimate of drug-likeness (QED) is 0.764. The van der Waals surface area contributed by atoms with E-state index in [1.807, 2.05) is 0 Å². The van der Waals surface area contributed by atoms with E-state index >= 15 is 0 Å². The molecule has 0 spiro atoms. The molecule has 2 aliphatic rings. The van der Waals surface area contributed by atoms with Gasteiger partial charge in [-0.3, -0.25) is 4.79 Å². The van der Waals surface area contributed by atoms with Crippen LogP contribution < -0.4 is 4.74 Å². The molecule has 0 N–H and O–H groups in total. The monoisotopic (exact) mass is 402 g/mol. The highest BCUT2D eigenvalue weighted by molar-refractivity contribution is 7.89. The molecule has 7 nitrogen and oxygen atoms in total. The third kappa shape index (κ3) is 3.98. The van der Waals surface area contributed by atoms with Crippen molar-refractivity contribution in [3.63, 3.8) is 0 Å². The van der Waals surface area contributed by atoms with E-state index in [1.54, 1.807) is 4.90 Å². The van der Waals surface area contributed by atoms with Gasteiger partial charge in [-0.05, 0) is 31.0 Å². The number of rotatable bonds is 4. The van der Waals surface area contributed by atoms with E-state index in [2.05, 4.69) is 0 Å². The number of morpholine rings is 1. The van der Waals surface area contributed by atoms with Crippen LogP contribution in [0.3, 0.4) is 0 Å². The zero-order valence-corrected chi connectivity index (χ0v) is 16.3. The number of piperidine rings is 1. The summed E-state index contributed by atoms with van der Waals surface area (Å²) in [5.74, 6) is 0.121. The molecule has 2 saturated heterocycles. The molecule has 2 aliphatic heterocycles. The van der Waals surface area contributed by atoms with Gasteiger partial charge in [-0.1, -0.05) is 11.6 Å². The molecule has 0 saturated carbocycles. The molecule has 0 aromatic heterocycles. The van der Waals surface area contributed by atoms with Crippen molar-refractivity contribution >= 4 is 27.5 Å². The zero-order valence-electron chi connectivity index (χ0n) is 14.7. The summed E-state index contributed by atoms with van der Waals surface area (Å²) in [6.45, 7) is 2.79. The van der Waals surface area contributed by atoms with Crippen LogP contribution in [-0.2, 0) is 19.6 Å². The van der Waals surface area contributed by atoms with Gasteiger partial charge in [0, 0.05) is 26.2 Å². The van der Waals surface area contributed by atoms with Crippen molar-refractivity contribution in [3.8, 4) is 5.75 Å². The molecule has 9 heteroatoms. The summed E-state index contributed by atoms with van der Waals surface area (Å²) in [7, 11) is -2.23. The van der Waals surface area contributed by atoms with E-state index in [0.717, 1.165) is 0 Å². The van der Waals surface area contributed by atoms with Crippen LogP contribution in [0.2, 0.25) is 5.02 Å². The standard InChI is InChI=1S/C17H23ClN2O5S/c1-24-16-5-4-14(11-15(16)18)26(22,23)20-6-2-3-13(12-20)17(21)19-7-9-25-10-8-19/h4-5,11,13H,2-3,6-10,12H2,1H3/t13-/m1/s1. The summed E-state index contributed by atoms with van der Waals surface area (Å²) in [6, 6.07) is 4.41. The van der Waals surface area contributed by atoms with Crippen LogP contribution in [0.25, 0.3) is 0 Å². The minimum Gasteiger partial charge on any atom is -0.495 e. The second kappa shape index (κ2) is 8.12. The summed E-state index contributed by atoms with van der Waals surface area (Å²) in [6.07, 6.45) is 1.36. The van der Waals surface area contributed by atoms with E-state index < -0.39 is 10.0 Å². The van der Waals surface area contributed by atoms with Gasteiger partial charge >= 0.3 is 0 Å². The molecule has 1 amide bonds. The number of hydrogen-bond donors (Lipinski definition) is 0. The molecule has 2 heterocycles. The summed E-state index contributed by atoms with van der Waals surface area (Å²) >= 11 is 6.07. The number of carbonyl (C=O) groups excluding carboxylic acids is 1. The Labute approximate surface area is 158 Å². The molecule has 0 radical (unpaired) electrons. The maximum absolute atomic E-state index is 13.0. The van der Waals surface area contributed by atoms with Crippen molar-refractivity contribution in [2.75, 3.05) is 46.5 Å². The van der Waals surface area contributed by atoms with Crippen LogP contribution in [-0.4, -0.2) is 70.0 Å². The Kier molecular flexibility index (Phi) is 6.06. The van der Waals surface area contributed by atoms with Crippen molar-refractivity contribution in [2.24, 2.45) is 5.92 Å². The third-order valence-corrected chi connectivity index (χ3v) is 6.97. The van der Waals surface area contributed by atoms with Crippen molar-refractivity contribution < 1.29 is 22.7 Å². The molecular formula is C17H23ClN2O5S. The number of methoxy groups -OCH3 is 1. The third-order valence-electron chi connectivity index (χ3n) is 4.82. The van der Waals surface area contributed by atoms with Gasteiger partial charge in [-0.15, -0.1) is 0 Å². The van der Waals surface area contributed by atoms with Gasteiger partial charge in [-0.2, -0.15) is 4.31 Å². The summed E-state index contributed by atoms with van der Waals surface area (Å²) < 4.78 is 37.7. The molecule has 1 atom stereocenters. The number of sulfonamides is 1. The van der Waals surface area contributed by atoms with Crippen LogP contribution in [0, 0.1) is 5.92 Å². The normalized spacial score (nSPS) is 22.2. The number of nitrogens with zero attached hydrogens (tertiary/aromatic N) is 2. The molecule has 0 aliphatic carbocycles. The molecule has 1 aromatic rings. The van der Waals surface area contributed by atoms with Crippen molar-refractivity contribution in [1.29, 1.82) is 0 Å². The predicted molar refractivity (Wildman–Crippen MR) is 96.9 cm³/mol. The Morgan fingerprint density at radius 2 is 2.00 bits per heavy atom. The lowest BCUT2D eigenvalue weighted by Gasteiger charge is -2.35. The average Bonchev–Trinajstić information content (AvgIpc) is 2.68. The number of hydrogen-bond acceptors (Lipinski definition) is 5. The predicted octanol–water partition coefficient (Wildman–Crippen LogP) is 1.61. The summed E-state index contributed by atoms with van der Waals surface area (Å²) in [5.41, 5.74) is 0. The molecular weight excluding hydrogens is 380 g/mol. The summed E-state index contributed by atoms with van der Waals surface area (Å²) in [5, 5.41) is 0.242. The first-order valence-corrected chi connectivity index (χ1v) is 10.5. The lowest BCUT2D eigenvalue weighted by atomic mass is 9.98. The van der Waals surface area contributed by atoms with Crippen LogP contribution >= 0.6 is 11.6 Å². The van der Waals surface area contributed by atoms with Gasteiger partial charge in [0.25, 0.3) is 0 Å². The largest absolute Gasteiger partial charge is 0.495 e. The van der Waals surface area contributed by atoms with Gasteiger partial charge in [0.05, 0.1) is 36.2 Å². The molecule has 26 heavy (non-hydrogen) atoms. The SMILES string of the molecule is COc1ccc(S(=O)(=O)N2CCC[C@@H](C(=O)N3CCOCC3)C2)cc1Cl. The molecule has 1 aromatic carbocycles. The molecule has 2 fully saturated rings. The summed E-state index contributed by atoms with van der Waals surface area (Å²) in [4.78, 5) is 14.6. The molecule has 3 rings (SSSR count). The van der Waals surface area contributed by atoms with E-state index in [0.29, 0.717) is 51.4 Å². The maximum atomic E-state index is 13.0. The lowest BCUT2D eigenvalue weighted by Crippen LogP contribution is -2.49. The Morgan fingerprint density at radius 3 is 2.65 bits per heavy atom. The van der Waals surface area contributed by atoms with Crippen molar-refractivity contribution in [3.05, 3.63) is 23.2 Å².